The van der Waals surface area contributed by atoms with Crippen LogP contribution >= 0.6 is 0 Å². The zero-order chi connectivity index (χ0) is 21.6. The first kappa shape index (κ1) is 22.1. The van der Waals surface area contributed by atoms with Crippen LogP contribution in [-0.4, -0.2) is 58.3 Å². The Bertz CT molecular complexity index is 797. The average molecular weight is 419 g/mol. The molecule has 1 saturated heterocycles. The van der Waals surface area contributed by atoms with Crippen LogP contribution in [0.15, 0.2) is 36.9 Å². The van der Waals surface area contributed by atoms with E-state index in [0.717, 1.165) is 31.4 Å². The number of ether oxygens (including phenoxy) is 3. The number of hydrogen-bond donors (Lipinski definition) is 3. The van der Waals surface area contributed by atoms with Gasteiger partial charge in [0.25, 0.3) is 5.79 Å². The third-order valence-corrected chi connectivity index (χ3v) is 5.37. The largest absolute Gasteiger partial charge is 0.508 e. The van der Waals surface area contributed by atoms with Gasteiger partial charge in [-0.15, -0.1) is 0 Å². The number of carboxylic acid groups (broad SMARTS) is 1. The van der Waals surface area contributed by atoms with E-state index in [-0.39, 0.29) is 18.3 Å². The Morgan fingerprint density at radius 2 is 2.03 bits per heavy atom. The van der Waals surface area contributed by atoms with Crippen LogP contribution < -0.4 is 0 Å². The van der Waals surface area contributed by atoms with E-state index in [1.165, 1.54) is 6.92 Å². The van der Waals surface area contributed by atoms with Gasteiger partial charge in [-0.2, -0.15) is 0 Å². The quantitative estimate of drug-likeness (QED) is 0.524. The fraction of sp³-hybridized carbons (Fsp3) is 0.500. The molecule has 3 N–H and O–H groups in total. The van der Waals surface area contributed by atoms with Gasteiger partial charge in [-0.1, -0.05) is 18.6 Å². The summed E-state index contributed by atoms with van der Waals surface area (Å²) in [6.45, 7) is 2.93. The molecule has 1 aromatic rings. The summed E-state index contributed by atoms with van der Waals surface area (Å²) in [5.74, 6) is -1.67. The van der Waals surface area contributed by atoms with Crippen LogP contribution in [0.25, 0.3) is 5.76 Å². The molecule has 0 unspecified atom stereocenters. The monoisotopic (exact) mass is 419 g/mol. The van der Waals surface area contributed by atoms with Gasteiger partial charge in [-0.3, -0.25) is 0 Å². The highest BCUT2D eigenvalue weighted by Crippen LogP contribution is 2.30. The number of unbranched alkanes of at least 4 members (excludes halogenated alkanes) is 1. The van der Waals surface area contributed by atoms with Crippen molar-refractivity contribution in [2.24, 2.45) is 5.92 Å². The van der Waals surface area contributed by atoms with Crippen LogP contribution in [0.5, 0.6) is 5.75 Å². The van der Waals surface area contributed by atoms with Crippen molar-refractivity contribution in [2.75, 3.05) is 26.4 Å². The molecule has 8 heteroatoms. The van der Waals surface area contributed by atoms with Gasteiger partial charge in [0.15, 0.2) is 0 Å². The van der Waals surface area contributed by atoms with Crippen LogP contribution in [0.1, 0.15) is 37.3 Å². The standard InChI is InChI=1S/C22H29NO7/c1-22(21(26)27)29-14-16(15-30-22)5-2-3-9-23-10-12-28-20(13-23)18-6-4-7-19(25)17(18)8-11-24/h4,6-7,10,12-13,16,24-25H,2-3,5,8-9,11,14-15H2,1H3,(H,26,27). The normalized spacial score (nSPS) is 23.7. The zero-order valence-electron chi connectivity index (χ0n) is 17.1. The van der Waals surface area contributed by atoms with Crippen molar-refractivity contribution in [3.8, 4) is 5.75 Å². The molecule has 2 aliphatic heterocycles. The lowest BCUT2D eigenvalue weighted by Gasteiger charge is -2.34. The van der Waals surface area contributed by atoms with Gasteiger partial charge in [0, 0.05) is 49.5 Å². The van der Waals surface area contributed by atoms with Crippen molar-refractivity contribution >= 4 is 11.7 Å². The first-order chi connectivity index (χ1) is 14.4. The molecule has 3 rings (SSSR count). The number of carboxylic acids is 1. The summed E-state index contributed by atoms with van der Waals surface area (Å²) in [6, 6.07) is 5.22. The van der Waals surface area contributed by atoms with E-state index >= 15 is 0 Å². The number of rotatable bonds is 9. The predicted octanol–water partition coefficient (Wildman–Crippen LogP) is 2.66. The molecular formula is C22H29NO7. The molecule has 0 amide bonds. The minimum absolute atomic E-state index is 0.0579. The third kappa shape index (κ3) is 5.33. The van der Waals surface area contributed by atoms with E-state index in [0.29, 0.717) is 31.0 Å². The van der Waals surface area contributed by atoms with E-state index in [1.54, 1.807) is 18.4 Å². The van der Waals surface area contributed by atoms with Crippen LogP contribution in [-0.2, 0) is 25.4 Å². The lowest BCUT2D eigenvalue weighted by molar-refractivity contribution is -0.271. The number of phenols is 1. The van der Waals surface area contributed by atoms with E-state index in [9.17, 15) is 15.0 Å². The lowest BCUT2D eigenvalue weighted by atomic mass is 10.0. The topological polar surface area (TPSA) is 109 Å². The fourth-order valence-corrected chi connectivity index (χ4v) is 3.52. The maximum absolute atomic E-state index is 11.1. The SMILES string of the molecule is CC1(C(=O)O)OCC(CCCCN2C=COC(c3cccc(O)c3CCO)=C2)CO1. The van der Waals surface area contributed by atoms with Gasteiger partial charge in [0.05, 0.1) is 13.2 Å². The van der Waals surface area contributed by atoms with Gasteiger partial charge in [-0.25, -0.2) is 4.79 Å². The highest BCUT2D eigenvalue weighted by Gasteiger charge is 2.40. The van der Waals surface area contributed by atoms with Gasteiger partial charge >= 0.3 is 5.97 Å². The molecule has 1 aromatic carbocycles. The van der Waals surface area contributed by atoms with Gasteiger partial charge < -0.3 is 34.4 Å². The Labute approximate surface area is 176 Å². The number of nitrogens with zero attached hydrogens (tertiary/aromatic N) is 1. The zero-order valence-corrected chi connectivity index (χ0v) is 17.1. The molecule has 2 heterocycles. The molecule has 1 fully saturated rings. The second-order valence-corrected chi connectivity index (χ2v) is 7.65. The smallest absolute Gasteiger partial charge is 0.364 e. The Hall–Kier alpha value is -2.55. The van der Waals surface area contributed by atoms with Gasteiger partial charge in [-0.05, 0) is 25.3 Å². The van der Waals surface area contributed by atoms with Crippen LogP contribution in [0.3, 0.4) is 0 Å². The van der Waals surface area contributed by atoms with Crippen LogP contribution in [0.2, 0.25) is 0 Å². The summed E-state index contributed by atoms with van der Waals surface area (Å²) < 4.78 is 16.4. The molecule has 0 saturated carbocycles. The molecular weight excluding hydrogens is 390 g/mol. The van der Waals surface area contributed by atoms with Crippen molar-refractivity contribution < 1.29 is 34.3 Å². The van der Waals surface area contributed by atoms with Crippen molar-refractivity contribution in [2.45, 2.75) is 38.4 Å². The summed E-state index contributed by atoms with van der Waals surface area (Å²) in [6.07, 6.45) is 8.48. The average Bonchev–Trinajstić information content (AvgIpc) is 2.74. The highest BCUT2D eigenvalue weighted by atomic mass is 16.7. The summed E-state index contributed by atoms with van der Waals surface area (Å²) >= 11 is 0. The molecule has 164 valence electrons. The molecule has 2 aliphatic rings. The number of aliphatic hydroxyl groups excluding tert-OH is 1. The molecule has 0 aromatic heterocycles. The lowest BCUT2D eigenvalue weighted by Crippen LogP contribution is -2.47. The van der Waals surface area contributed by atoms with E-state index in [1.807, 2.05) is 23.4 Å². The van der Waals surface area contributed by atoms with Crippen molar-refractivity contribution in [3.63, 3.8) is 0 Å². The number of aromatic hydroxyl groups is 1. The highest BCUT2D eigenvalue weighted by molar-refractivity contribution is 5.75. The number of benzene rings is 1. The van der Waals surface area contributed by atoms with Crippen LogP contribution in [0, 0.1) is 5.92 Å². The Balaban J connectivity index is 1.48. The number of aliphatic hydroxyl groups is 1. The predicted molar refractivity (Wildman–Crippen MR) is 109 cm³/mol. The molecule has 0 atom stereocenters. The first-order valence-electron chi connectivity index (χ1n) is 10.2. The first-order valence-corrected chi connectivity index (χ1v) is 10.2. The van der Waals surface area contributed by atoms with E-state index in [4.69, 9.17) is 19.3 Å². The molecule has 30 heavy (non-hydrogen) atoms. The second-order valence-electron chi connectivity index (χ2n) is 7.65. The fourth-order valence-electron chi connectivity index (χ4n) is 3.52. The van der Waals surface area contributed by atoms with Crippen molar-refractivity contribution in [1.82, 2.24) is 4.90 Å². The summed E-state index contributed by atoms with van der Waals surface area (Å²) in [5, 5.41) is 28.5. The summed E-state index contributed by atoms with van der Waals surface area (Å²) in [4.78, 5) is 13.1. The summed E-state index contributed by atoms with van der Waals surface area (Å²) in [7, 11) is 0. The molecule has 0 aliphatic carbocycles. The molecule has 0 spiro atoms. The maximum Gasteiger partial charge on any atom is 0.364 e. The Morgan fingerprint density at radius 3 is 2.73 bits per heavy atom. The number of hydrogen-bond acceptors (Lipinski definition) is 7. The number of carbonyl (C=O) groups is 1. The molecule has 8 nitrogen and oxygen atoms in total. The van der Waals surface area contributed by atoms with Gasteiger partial charge in [0.1, 0.15) is 17.8 Å². The Kier molecular flexibility index (Phi) is 7.36. The summed E-state index contributed by atoms with van der Waals surface area (Å²) in [5.41, 5.74) is 1.42. The van der Waals surface area contributed by atoms with E-state index < -0.39 is 11.8 Å². The van der Waals surface area contributed by atoms with Crippen LogP contribution in [0.4, 0.5) is 0 Å². The van der Waals surface area contributed by atoms with Crippen molar-refractivity contribution in [1.29, 1.82) is 0 Å². The molecule has 0 bridgehead atoms. The minimum Gasteiger partial charge on any atom is -0.508 e. The van der Waals surface area contributed by atoms with Gasteiger partial charge in [0.2, 0.25) is 0 Å². The Morgan fingerprint density at radius 1 is 1.27 bits per heavy atom. The number of phenolic OH excluding ortho intramolecular Hbond substituents is 1. The molecule has 0 radical (unpaired) electrons. The third-order valence-electron chi connectivity index (χ3n) is 5.37. The maximum atomic E-state index is 11.1. The second kappa shape index (κ2) is 9.97. The minimum atomic E-state index is -1.53. The van der Waals surface area contributed by atoms with Crippen molar-refractivity contribution in [3.05, 3.63) is 48.0 Å². The number of aliphatic carboxylic acids is 1. The van der Waals surface area contributed by atoms with E-state index in [2.05, 4.69) is 0 Å².